The molecule has 2 heterocycles. The van der Waals surface area contributed by atoms with E-state index >= 15 is 0 Å². The molecule has 0 amide bonds. The molecule has 10 aromatic carbocycles. The van der Waals surface area contributed by atoms with Gasteiger partial charge < -0.3 is 19.0 Å². The second kappa shape index (κ2) is 17.8. The molecular weight excluding hydrogens is 913 g/mol. The molecule has 14 rings (SSSR count). The van der Waals surface area contributed by atoms with Crippen LogP contribution in [0.15, 0.2) is 241 Å². The molecule has 1 fully saturated rings. The molecule has 3 aliphatic rings. The Balaban J connectivity index is 1.09. The lowest BCUT2D eigenvalue weighted by Gasteiger charge is -2.43. The molecule has 1 saturated carbocycles. The smallest absolute Gasteiger partial charge is 0.137 e. The van der Waals surface area contributed by atoms with Crippen LogP contribution in [0.4, 0.5) is 34.1 Å². The minimum Gasteiger partial charge on any atom is -0.456 e. The van der Waals surface area contributed by atoms with Crippen molar-refractivity contribution in [1.29, 1.82) is 0 Å². The first-order chi connectivity index (χ1) is 36.8. The van der Waals surface area contributed by atoms with Gasteiger partial charge in [0.05, 0.1) is 27.6 Å². The number of benzene rings is 10. The summed E-state index contributed by atoms with van der Waals surface area (Å²) in [4.78, 5) is 4.89. The Morgan fingerprint density at radius 3 is 1.55 bits per heavy atom. The number of hydrogen-bond acceptors (Lipinski definition) is 4. The number of ether oxygens (including phenoxy) is 1. The summed E-state index contributed by atoms with van der Waals surface area (Å²) in [6.45, 7) is 7.30. The Kier molecular flexibility index (Phi) is 10.7. The van der Waals surface area contributed by atoms with Gasteiger partial charge in [0.1, 0.15) is 22.7 Å². The van der Waals surface area contributed by atoms with Crippen molar-refractivity contribution in [3.63, 3.8) is 0 Å². The summed E-state index contributed by atoms with van der Waals surface area (Å²) in [5.41, 5.74) is 18.6. The van der Waals surface area contributed by atoms with Gasteiger partial charge in [0, 0.05) is 39.4 Å². The Bertz CT molecular complexity index is 3840. The number of hydrogen-bond donors (Lipinski definition) is 0. The molecule has 1 aromatic heterocycles. The van der Waals surface area contributed by atoms with Crippen LogP contribution in [-0.4, -0.2) is 0 Å². The predicted molar refractivity (Wildman–Crippen MR) is 310 cm³/mol. The molecule has 1 spiro atoms. The molecule has 75 heavy (non-hydrogen) atoms. The average molecular weight is 971 g/mol. The van der Waals surface area contributed by atoms with E-state index in [1.807, 2.05) is 0 Å². The second-order valence-corrected chi connectivity index (χ2v) is 21.9. The minimum atomic E-state index is -0.656. The fraction of sp³-hybridized carbons (Fsp3) is 0.155. The maximum absolute atomic E-state index is 7.51. The van der Waals surface area contributed by atoms with Crippen molar-refractivity contribution in [3.05, 3.63) is 264 Å². The number of anilines is 6. The number of fused-ring (bicyclic) bond motifs is 12. The van der Waals surface area contributed by atoms with Gasteiger partial charge in [0.15, 0.2) is 0 Å². The first-order valence-corrected chi connectivity index (χ1v) is 26.8. The number of nitrogens with zero attached hydrogens (tertiary/aromatic N) is 2. The summed E-state index contributed by atoms with van der Waals surface area (Å²) < 4.78 is 14.5. The highest BCUT2D eigenvalue weighted by atomic mass is 16.5. The van der Waals surface area contributed by atoms with Gasteiger partial charge in [0.25, 0.3) is 0 Å². The highest BCUT2D eigenvalue weighted by Crippen LogP contribution is 2.65. The number of para-hydroxylation sites is 3. The van der Waals surface area contributed by atoms with E-state index in [0.717, 1.165) is 80.4 Å². The van der Waals surface area contributed by atoms with E-state index in [1.54, 1.807) is 0 Å². The Labute approximate surface area is 440 Å². The van der Waals surface area contributed by atoms with E-state index in [1.165, 1.54) is 62.9 Å². The van der Waals surface area contributed by atoms with Crippen LogP contribution in [0.1, 0.15) is 80.2 Å². The van der Waals surface area contributed by atoms with E-state index in [-0.39, 0.29) is 11.3 Å². The van der Waals surface area contributed by atoms with E-state index in [0.29, 0.717) is 5.92 Å². The van der Waals surface area contributed by atoms with Gasteiger partial charge >= 0.3 is 0 Å². The molecule has 2 aliphatic carbocycles. The van der Waals surface area contributed by atoms with Crippen LogP contribution in [0, 0.1) is 11.3 Å². The van der Waals surface area contributed by atoms with Crippen LogP contribution in [-0.2, 0) is 5.41 Å². The summed E-state index contributed by atoms with van der Waals surface area (Å²) in [6.07, 6.45) is 4.60. The molecule has 0 bridgehead atoms. The van der Waals surface area contributed by atoms with Gasteiger partial charge in [-0.1, -0.05) is 185 Å². The maximum atomic E-state index is 7.51. The van der Waals surface area contributed by atoms with Crippen molar-refractivity contribution < 1.29 is 9.15 Å². The third-order valence-electron chi connectivity index (χ3n) is 16.8. The minimum absolute atomic E-state index is 0.171. The monoisotopic (exact) mass is 970 g/mol. The highest BCUT2D eigenvalue weighted by molar-refractivity contribution is 6.19. The molecule has 11 aromatic rings. The molecule has 0 radical (unpaired) electrons. The molecular formula is C71H58N2O2. The standard InChI is InChI=1S/C71H58N2O2/c1-70(2,3)50-25-19-24-49(44-50)57-45-54(46-61-69(57)75-64-37-18-17-34-60(64)71(61)58-32-15-13-30-55(58)56-31-14-16-33-59(56)71)73(53-42-40-48(41-43-53)47-22-7-4-8-23-47)63-36-21-39-66-68(63)67-62(35-20-38-65(67)74-66)72(51-26-9-5-10-27-51)52-28-11-6-12-29-52/h4-18,20-23,26-43,45-46,49-50H,19,24-25,44H2,1-3H3. The third-order valence-corrected chi connectivity index (χ3v) is 16.8. The lowest BCUT2D eigenvalue weighted by atomic mass is 9.64. The van der Waals surface area contributed by atoms with Crippen LogP contribution in [0.5, 0.6) is 11.5 Å². The largest absolute Gasteiger partial charge is 0.456 e. The fourth-order valence-corrected chi connectivity index (χ4v) is 13.3. The lowest BCUT2D eigenvalue weighted by molar-refractivity contribution is 0.164. The van der Waals surface area contributed by atoms with Crippen molar-refractivity contribution in [2.75, 3.05) is 9.80 Å². The maximum Gasteiger partial charge on any atom is 0.137 e. The SMILES string of the molecule is CC(C)(C)C1CCCC(c2cc(N(c3ccc(-c4ccccc4)cc3)c3cccc4oc5cccc(N(c6ccccc6)c6ccccc6)c5c34)cc3c2Oc2ccccc2C32c3ccccc3-c3ccccc32)C1. The molecule has 2 atom stereocenters. The summed E-state index contributed by atoms with van der Waals surface area (Å²) in [7, 11) is 0. The van der Waals surface area contributed by atoms with Crippen LogP contribution in [0.25, 0.3) is 44.2 Å². The van der Waals surface area contributed by atoms with Gasteiger partial charge in [-0.2, -0.15) is 0 Å². The van der Waals surface area contributed by atoms with Crippen molar-refractivity contribution >= 4 is 56.1 Å². The van der Waals surface area contributed by atoms with E-state index in [4.69, 9.17) is 9.15 Å². The van der Waals surface area contributed by atoms with Gasteiger partial charge in [-0.3, -0.25) is 0 Å². The van der Waals surface area contributed by atoms with Crippen LogP contribution < -0.4 is 14.5 Å². The average Bonchev–Trinajstić information content (AvgIpc) is 4.19. The van der Waals surface area contributed by atoms with Crippen molar-refractivity contribution in [2.24, 2.45) is 11.3 Å². The predicted octanol–water partition coefficient (Wildman–Crippen LogP) is 20.0. The molecule has 0 saturated heterocycles. The van der Waals surface area contributed by atoms with E-state index in [2.05, 4.69) is 267 Å². The molecule has 4 nitrogen and oxygen atoms in total. The number of furan rings is 1. The summed E-state index contributed by atoms with van der Waals surface area (Å²) >= 11 is 0. The van der Waals surface area contributed by atoms with Gasteiger partial charge in [-0.05, 0) is 149 Å². The van der Waals surface area contributed by atoms with Gasteiger partial charge in [-0.25, -0.2) is 0 Å². The van der Waals surface area contributed by atoms with E-state index in [9.17, 15) is 0 Å². The van der Waals surface area contributed by atoms with Gasteiger partial charge in [-0.15, -0.1) is 0 Å². The topological polar surface area (TPSA) is 28.9 Å². The summed E-state index contributed by atoms with van der Waals surface area (Å²) in [6, 6.07) is 86.4. The quantitative estimate of drug-likeness (QED) is 0.152. The van der Waals surface area contributed by atoms with Crippen molar-refractivity contribution in [3.8, 4) is 33.8 Å². The molecule has 0 N–H and O–H groups in total. The van der Waals surface area contributed by atoms with Crippen molar-refractivity contribution in [2.45, 2.75) is 57.8 Å². The summed E-state index contributed by atoms with van der Waals surface area (Å²) in [5.74, 6) is 2.76. The molecule has 2 unspecified atom stereocenters. The van der Waals surface area contributed by atoms with Crippen molar-refractivity contribution in [1.82, 2.24) is 0 Å². The zero-order chi connectivity index (χ0) is 50.3. The molecule has 4 heteroatoms. The third kappa shape index (κ3) is 7.25. The lowest BCUT2D eigenvalue weighted by Crippen LogP contribution is -2.33. The Hall–Kier alpha value is -8.60. The molecule has 364 valence electrons. The zero-order valence-corrected chi connectivity index (χ0v) is 42.7. The Morgan fingerprint density at radius 2 is 0.947 bits per heavy atom. The van der Waals surface area contributed by atoms with Crippen LogP contribution >= 0.6 is 0 Å². The van der Waals surface area contributed by atoms with Crippen LogP contribution in [0.3, 0.4) is 0 Å². The van der Waals surface area contributed by atoms with Gasteiger partial charge in [0.2, 0.25) is 0 Å². The molecule has 1 aliphatic heterocycles. The Morgan fingerprint density at radius 1 is 0.440 bits per heavy atom. The van der Waals surface area contributed by atoms with Crippen LogP contribution in [0.2, 0.25) is 0 Å². The highest BCUT2D eigenvalue weighted by Gasteiger charge is 2.52. The fourth-order valence-electron chi connectivity index (χ4n) is 13.3. The zero-order valence-electron chi connectivity index (χ0n) is 42.7. The summed E-state index contributed by atoms with van der Waals surface area (Å²) in [5, 5.41) is 2.09. The second-order valence-electron chi connectivity index (χ2n) is 21.9. The first kappa shape index (κ1) is 45.0. The normalized spacial score (nSPS) is 16.2. The van der Waals surface area contributed by atoms with E-state index < -0.39 is 5.41 Å². The number of rotatable bonds is 8. The first-order valence-electron chi connectivity index (χ1n) is 26.8.